The van der Waals surface area contributed by atoms with E-state index in [0.29, 0.717) is 28.7 Å². The molecule has 1 aliphatic heterocycles. The Kier molecular flexibility index (Phi) is 6.79. The van der Waals surface area contributed by atoms with E-state index in [0.717, 1.165) is 12.8 Å². The van der Waals surface area contributed by atoms with Gasteiger partial charge in [0.05, 0.1) is 21.4 Å². The van der Waals surface area contributed by atoms with Crippen molar-refractivity contribution in [3.63, 3.8) is 0 Å². The quantitative estimate of drug-likeness (QED) is 0.677. The van der Waals surface area contributed by atoms with Crippen LogP contribution in [0.25, 0.3) is 0 Å². The molecule has 0 radical (unpaired) electrons. The normalized spacial score (nSPS) is 14.6. The lowest BCUT2D eigenvalue weighted by molar-refractivity contribution is -0.121. The molecule has 0 bridgehead atoms. The van der Waals surface area contributed by atoms with E-state index >= 15 is 0 Å². The Morgan fingerprint density at radius 3 is 2.21 bits per heavy atom. The molecule has 3 rings (SSSR count). The van der Waals surface area contributed by atoms with E-state index in [1.54, 1.807) is 18.2 Å². The highest BCUT2D eigenvalue weighted by molar-refractivity contribution is 7.89. The average molecular weight is 456 g/mol. The van der Waals surface area contributed by atoms with Gasteiger partial charge in [-0.05, 0) is 54.8 Å². The van der Waals surface area contributed by atoms with Gasteiger partial charge < -0.3 is 0 Å². The summed E-state index contributed by atoms with van der Waals surface area (Å²) < 4.78 is 26.4. The predicted octanol–water partition coefficient (Wildman–Crippen LogP) is 2.78. The smallest absolute Gasteiger partial charge is 0.269 e. The Morgan fingerprint density at radius 1 is 0.931 bits per heavy atom. The van der Waals surface area contributed by atoms with E-state index in [-0.39, 0.29) is 16.9 Å². The third-order valence-corrected chi connectivity index (χ3v) is 7.14. The SMILES string of the molecule is O=C(Cc1ccc(Cl)c(Cl)c1)NNC(=O)c1ccc(S(=O)(=O)N2CCCC2)cc1. The Labute approximate surface area is 179 Å². The maximum Gasteiger partial charge on any atom is 0.269 e. The Balaban J connectivity index is 1.56. The van der Waals surface area contributed by atoms with Crippen LogP contribution in [-0.2, 0) is 21.2 Å². The topological polar surface area (TPSA) is 95.6 Å². The van der Waals surface area contributed by atoms with Crippen molar-refractivity contribution in [3.8, 4) is 0 Å². The van der Waals surface area contributed by atoms with Gasteiger partial charge in [0.2, 0.25) is 15.9 Å². The molecule has 0 aromatic heterocycles. The minimum absolute atomic E-state index is 0.00415. The molecule has 2 aromatic carbocycles. The zero-order valence-corrected chi connectivity index (χ0v) is 17.6. The minimum atomic E-state index is -3.54. The number of carbonyl (C=O) groups is 2. The van der Waals surface area contributed by atoms with Crippen LogP contribution in [0.15, 0.2) is 47.4 Å². The number of carbonyl (C=O) groups excluding carboxylic acids is 2. The van der Waals surface area contributed by atoms with Gasteiger partial charge in [-0.2, -0.15) is 4.31 Å². The molecule has 2 amide bonds. The molecule has 29 heavy (non-hydrogen) atoms. The number of hydrogen-bond acceptors (Lipinski definition) is 4. The molecule has 1 saturated heterocycles. The number of halogens is 2. The summed E-state index contributed by atoms with van der Waals surface area (Å²) in [5.41, 5.74) is 5.48. The first-order chi connectivity index (χ1) is 13.8. The van der Waals surface area contributed by atoms with Crippen LogP contribution >= 0.6 is 23.2 Å². The van der Waals surface area contributed by atoms with Crippen molar-refractivity contribution in [3.05, 3.63) is 63.6 Å². The van der Waals surface area contributed by atoms with Crippen LogP contribution in [0, 0.1) is 0 Å². The average Bonchev–Trinajstić information content (AvgIpc) is 3.25. The second-order valence-electron chi connectivity index (χ2n) is 6.56. The molecule has 1 fully saturated rings. The second kappa shape index (κ2) is 9.13. The van der Waals surface area contributed by atoms with Crippen LogP contribution in [0.3, 0.4) is 0 Å². The summed E-state index contributed by atoms with van der Waals surface area (Å²) in [5, 5.41) is 0.726. The molecule has 0 saturated carbocycles. The molecule has 0 unspecified atom stereocenters. The minimum Gasteiger partial charge on any atom is -0.273 e. The van der Waals surface area contributed by atoms with Gasteiger partial charge in [0.25, 0.3) is 5.91 Å². The molecular weight excluding hydrogens is 437 g/mol. The molecule has 154 valence electrons. The maximum absolute atomic E-state index is 12.5. The molecule has 2 N–H and O–H groups in total. The fourth-order valence-electron chi connectivity index (χ4n) is 2.93. The lowest BCUT2D eigenvalue weighted by atomic mass is 10.1. The zero-order chi connectivity index (χ0) is 21.0. The molecule has 0 spiro atoms. The number of nitrogens with one attached hydrogen (secondary N) is 2. The fourth-order valence-corrected chi connectivity index (χ4v) is 4.77. The summed E-state index contributed by atoms with van der Waals surface area (Å²) >= 11 is 11.7. The zero-order valence-electron chi connectivity index (χ0n) is 15.3. The van der Waals surface area contributed by atoms with Crippen molar-refractivity contribution in [1.29, 1.82) is 0 Å². The molecule has 1 heterocycles. The predicted molar refractivity (Wildman–Crippen MR) is 110 cm³/mol. The van der Waals surface area contributed by atoms with E-state index in [1.165, 1.54) is 28.6 Å². The van der Waals surface area contributed by atoms with Gasteiger partial charge in [-0.3, -0.25) is 20.4 Å². The van der Waals surface area contributed by atoms with Crippen LogP contribution in [0.5, 0.6) is 0 Å². The van der Waals surface area contributed by atoms with Crippen molar-refractivity contribution in [1.82, 2.24) is 15.2 Å². The summed E-state index contributed by atoms with van der Waals surface area (Å²) in [6.45, 7) is 1.02. The van der Waals surface area contributed by atoms with E-state index < -0.39 is 21.8 Å². The first-order valence-electron chi connectivity index (χ1n) is 8.91. The Bertz CT molecular complexity index is 1020. The summed E-state index contributed by atoms with van der Waals surface area (Å²) in [4.78, 5) is 24.3. The van der Waals surface area contributed by atoms with E-state index in [1.807, 2.05) is 0 Å². The van der Waals surface area contributed by atoms with Crippen LogP contribution in [0.2, 0.25) is 10.0 Å². The molecule has 0 aliphatic carbocycles. The fraction of sp³-hybridized carbons (Fsp3) is 0.263. The molecule has 2 aromatic rings. The monoisotopic (exact) mass is 455 g/mol. The standard InChI is InChI=1S/C19H19Cl2N3O4S/c20-16-8-3-13(11-17(16)21)12-18(25)22-23-19(26)14-4-6-15(7-5-14)29(27,28)24-9-1-2-10-24/h3-8,11H,1-2,9-10,12H2,(H,22,25)(H,23,26). The van der Waals surface area contributed by atoms with Gasteiger partial charge >= 0.3 is 0 Å². The number of benzene rings is 2. The number of hydrogen-bond donors (Lipinski definition) is 2. The van der Waals surface area contributed by atoms with Crippen molar-refractivity contribution >= 4 is 45.0 Å². The highest BCUT2D eigenvalue weighted by Gasteiger charge is 2.27. The third kappa shape index (κ3) is 5.27. The van der Waals surface area contributed by atoms with Gasteiger partial charge in [0.15, 0.2) is 0 Å². The van der Waals surface area contributed by atoms with Gasteiger partial charge in [-0.15, -0.1) is 0 Å². The number of rotatable bonds is 5. The highest BCUT2D eigenvalue weighted by Crippen LogP contribution is 2.23. The molecule has 0 atom stereocenters. The van der Waals surface area contributed by atoms with Crippen molar-refractivity contribution in [2.45, 2.75) is 24.2 Å². The molecule has 10 heteroatoms. The van der Waals surface area contributed by atoms with Gasteiger partial charge in [0, 0.05) is 18.7 Å². The molecule has 1 aliphatic rings. The van der Waals surface area contributed by atoms with E-state index in [9.17, 15) is 18.0 Å². The van der Waals surface area contributed by atoms with Gasteiger partial charge in [0.1, 0.15) is 0 Å². The molecular formula is C19H19Cl2N3O4S. The van der Waals surface area contributed by atoms with Gasteiger partial charge in [-0.25, -0.2) is 8.42 Å². The number of nitrogens with zero attached hydrogens (tertiary/aromatic N) is 1. The Hall–Kier alpha value is -2.13. The first kappa shape index (κ1) is 21.6. The lowest BCUT2D eigenvalue weighted by Gasteiger charge is -2.15. The van der Waals surface area contributed by atoms with Crippen LogP contribution in [0.4, 0.5) is 0 Å². The van der Waals surface area contributed by atoms with Crippen molar-refractivity contribution < 1.29 is 18.0 Å². The Morgan fingerprint density at radius 2 is 1.59 bits per heavy atom. The third-order valence-electron chi connectivity index (χ3n) is 4.48. The van der Waals surface area contributed by atoms with Crippen LogP contribution < -0.4 is 10.9 Å². The van der Waals surface area contributed by atoms with Crippen molar-refractivity contribution in [2.24, 2.45) is 0 Å². The summed E-state index contributed by atoms with van der Waals surface area (Å²) in [5.74, 6) is -0.998. The summed E-state index contributed by atoms with van der Waals surface area (Å²) in [6, 6.07) is 10.4. The summed E-state index contributed by atoms with van der Waals surface area (Å²) in [6.07, 6.45) is 1.70. The first-order valence-corrected chi connectivity index (χ1v) is 11.1. The summed E-state index contributed by atoms with van der Waals surface area (Å²) in [7, 11) is -3.54. The van der Waals surface area contributed by atoms with E-state index in [2.05, 4.69) is 10.9 Å². The van der Waals surface area contributed by atoms with Gasteiger partial charge in [-0.1, -0.05) is 29.3 Å². The highest BCUT2D eigenvalue weighted by atomic mass is 35.5. The molecule has 7 nitrogen and oxygen atoms in total. The number of sulfonamides is 1. The number of hydrazine groups is 1. The largest absolute Gasteiger partial charge is 0.273 e. The number of amides is 2. The van der Waals surface area contributed by atoms with E-state index in [4.69, 9.17) is 23.2 Å². The van der Waals surface area contributed by atoms with Crippen molar-refractivity contribution in [2.75, 3.05) is 13.1 Å². The lowest BCUT2D eigenvalue weighted by Crippen LogP contribution is -2.42. The maximum atomic E-state index is 12.5. The van der Waals surface area contributed by atoms with Crippen LogP contribution in [-0.4, -0.2) is 37.6 Å². The van der Waals surface area contributed by atoms with Crippen LogP contribution in [0.1, 0.15) is 28.8 Å². The second-order valence-corrected chi connectivity index (χ2v) is 9.32.